The van der Waals surface area contributed by atoms with Crippen LogP contribution in [0, 0.1) is 0 Å². The smallest absolute Gasteiger partial charge is 0.119 e. The molecule has 0 radical (unpaired) electrons. The van der Waals surface area contributed by atoms with Crippen molar-refractivity contribution in [3.05, 3.63) is 29.8 Å². The fourth-order valence-corrected chi connectivity index (χ4v) is 2.55. The van der Waals surface area contributed by atoms with Crippen LogP contribution in [-0.2, 0) is 4.74 Å². The molecule has 0 bridgehead atoms. The molecule has 1 aliphatic heterocycles. The van der Waals surface area contributed by atoms with Crippen molar-refractivity contribution in [2.45, 2.75) is 38.6 Å². The van der Waals surface area contributed by atoms with E-state index in [2.05, 4.69) is 4.90 Å². The quantitative estimate of drug-likeness (QED) is 0.867. The molecule has 2 unspecified atom stereocenters. The van der Waals surface area contributed by atoms with Gasteiger partial charge < -0.3 is 14.6 Å². The second-order valence-electron chi connectivity index (χ2n) is 5.66. The lowest BCUT2D eigenvalue weighted by Crippen LogP contribution is -2.27. The predicted molar refractivity (Wildman–Crippen MR) is 79.0 cm³/mol. The van der Waals surface area contributed by atoms with Crippen LogP contribution in [0.15, 0.2) is 24.3 Å². The summed E-state index contributed by atoms with van der Waals surface area (Å²) < 4.78 is 10.9. The summed E-state index contributed by atoms with van der Waals surface area (Å²) in [4.78, 5) is 2.25. The monoisotopic (exact) mass is 279 g/mol. The van der Waals surface area contributed by atoms with Crippen molar-refractivity contribution in [2.75, 3.05) is 26.7 Å². The van der Waals surface area contributed by atoms with Crippen molar-refractivity contribution in [3.8, 4) is 5.75 Å². The molecule has 1 N–H and O–H groups in total. The van der Waals surface area contributed by atoms with E-state index in [9.17, 15) is 5.11 Å². The van der Waals surface area contributed by atoms with Gasteiger partial charge in [0.25, 0.3) is 0 Å². The molecule has 1 fully saturated rings. The Bertz CT molecular complexity index is 405. The van der Waals surface area contributed by atoms with Crippen molar-refractivity contribution in [1.29, 1.82) is 0 Å². The first kappa shape index (κ1) is 15.3. The number of benzene rings is 1. The van der Waals surface area contributed by atoms with Gasteiger partial charge in [0, 0.05) is 26.7 Å². The van der Waals surface area contributed by atoms with Crippen LogP contribution < -0.4 is 4.74 Å². The Labute approximate surface area is 121 Å². The van der Waals surface area contributed by atoms with Crippen LogP contribution in [0.1, 0.15) is 31.9 Å². The molecule has 0 aromatic heterocycles. The Hall–Kier alpha value is -1.10. The molecule has 112 valence electrons. The molecular formula is C16H25NO3. The molecule has 1 heterocycles. The number of hydrogen-bond acceptors (Lipinski definition) is 4. The predicted octanol–water partition coefficient (Wildman–Crippen LogP) is 2.23. The van der Waals surface area contributed by atoms with Gasteiger partial charge in [0.15, 0.2) is 0 Å². The van der Waals surface area contributed by atoms with Crippen molar-refractivity contribution in [3.63, 3.8) is 0 Å². The Kier molecular flexibility index (Phi) is 5.40. The van der Waals surface area contributed by atoms with Crippen LogP contribution in [0.25, 0.3) is 0 Å². The van der Waals surface area contributed by atoms with Gasteiger partial charge in [-0.3, -0.25) is 4.90 Å². The van der Waals surface area contributed by atoms with Crippen molar-refractivity contribution in [1.82, 2.24) is 4.90 Å². The van der Waals surface area contributed by atoms with E-state index in [1.54, 1.807) is 7.11 Å². The topological polar surface area (TPSA) is 41.9 Å². The van der Waals surface area contributed by atoms with E-state index in [4.69, 9.17) is 9.47 Å². The van der Waals surface area contributed by atoms with Crippen molar-refractivity contribution < 1.29 is 14.6 Å². The van der Waals surface area contributed by atoms with Gasteiger partial charge in [-0.1, -0.05) is 12.1 Å². The van der Waals surface area contributed by atoms with E-state index in [1.807, 2.05) is 38.1 Å². The minimum atomic E-state index is -0.460. The molecule has 1 aromatic rings. The Morgan fingerprint density at radius 3 is 2.55 bits per heavy atom. The van der Waals surface area contributed by atoms with Crippen LogP contribution in [0.2, 0.25) is 0 Å². The molecule has 1 aliphatic rings. The molecule has 0 amide bonds. The average molecular weight is 279 g/mol. The number of aliphatic hydroxyl groups is 1. The Balaban J connectivity index is 1.87. The highest BCUT2D eigenvalue weighted by atomic mass is 16.5. The standard InChI is InChI=1S/C16H25NO3/c1-12(2)20-14-6-4-13(5-7-14)16(18)11-17-9-8-15(10-17)19-3/h4-7,12,15-16,18H,8-11H2,1-3H3. The molecule has 0 aliphatic carbocycles. The first-order chi connectivity index (χ1) is 9.58. The second kappa shape index (κ2) is 7.07. The summed E-state index contributed by atoms with van der Waals surface area (Å²) in [5.74, 6) is 0.844. The van der Waals surface area contributed by atoms with Crippen molar-refractivity contribution in [2.24, 2.45) is 0 Å². The fraction of sp³-hybridized carbons (Fsp3) is 0.625. The van der Waals surface area contributed by atoms with Gasteiger partial charge in [-0.2, -0.15) is 0 Å². The highest BCUT2D eigenvalue weighted by molar-refractivity contribution is 5.28. The third-order valence-electron chi connectivity index (χ3n) is 3.63. The highest BCUT2D eigenvalue weighted by Crippen LogP contribution is 2.21. The third-order valence-corrected chi connectivity index (χ3v) is 3.63. The number of ether oxygens (including phenoxy) is 2. The van der Waals surface area contributed by atoms with E-state index in [0.29, 0.717) is 12.6 Å². The second-order valence-corrected chi connectivity index (χ2v) is 5.66. The van der Waals surface area contributed by atoms with Gasteiger partial charge >= 0.3 is 0 Å². The van der Waals surface area contributed by atoms with Crippen LogP contribution in [0.5, 0.6) is 5.75 Å². The van der Waals surface area contributed by atoms with Gasteiger partial charge in [0.2, 0.25) is 0 Å². The summed E-state index contributed by atoms with van der Waals surface area (Å²) in [6.07, 6.45) is 1.06. The van der Waals surface area contributed by atoms with E-state index in [0.717, 1.165) is 30.8 Å². The minimum absolute atomic E-state index is 0.168. The summed E-state index contributed by atoms with van der Waals surface area (Å²) in [6, 6.07) is 7.71. The van der Waals surface area contributed by atoms with Gasteiger partial charge in [0.05, 0.1) is 18.3 Å². The molecule has 1 saturated heterocycles. The number of methoxy groups -OCH3 is 1. The molecule has 2 atom stereocenters. The van der Waals surface area contributed by atoms with Gasteiger partial charge in [0.1, 0.15) is 5.75 Å². The number of β-amino-alcohol motifs (C(OH)–C–C–N with tert-alkyl or cyclic N) is 1. The third kappa shape index (κ3) is 4.20. The zero-order chi connectivity index (χ0) is 14.5. The summed E-state index contributed by atoms with van der Waals surface area (Å²) in [6.45, 7) is 6.56. The van der Waals surface area contributed by atoms with E-state index in [1.165, 1.54) is 0 Å². The van der Waals surface area contributed by atoms with Crippen LogP contribution in [0.3, 0.4) is 0 Å². The molecule has 0 spiro atoms. The first-order valence-corrected chi connectivity index (χ1v) is 7.28. The van der Waals surface area contributed by atoms with E-state index < -0.39 is 6.10 Å². The van der Waals surface area contributed by atoms with Crippen LogP contribution in [0.4, 0.5) is 0 Å². The fourth-order valence-electron chi connectivity index (χ4n) is 2.55. The maximum Gasteiger partial charge on any atom is 0.119 e. The number of hydrogen-bond donors (Lipinski definition) is 1. The molecule has 1 aromatic carbocycles. The largest absolute Gasteiger partial charge is 0.491 e. The van der Waals surface area contributed by atoms with Crippen LogP contribution in [-0.4, -0.2) is 49.0 Å². The number of rotatable bonds is 6. The lowest BCUT2D eigenvalue weighted by Gasteiger charge is -2.20. The maximum atomic E-state index is 10.3. The first-order valence-electron chi connectivity index (χ1n) is 7.28. The Morgan fingerprint density at radius 2 is 2.00 bits per heavy atom. The molecule has 4 nitrogen and oxygen atoms in total. The van der Waals surface area contributed by atoms with E-state index >= 15 is 0 Å². The zero-order valence-electron chi connectivity index (χ0n) is 12.6. The Morgan fingerprint density at radius 1 is 1.30 bits per heavy atom. The summed E-state index contributed by atoms with van der Waals surface area (Å²) in [5, 5.41) is 10.3. The van der Waals surface area contributed by atoms with Gasteiger partial charge in [-0.05, 0) is 38.0 Å². The lowest BCUT2D eigenvalue weighted by molar-refractivity contribution is 0.0898. The minimum Gasteiger partial charge on any atom is -0.491 e. The highest BCUT2D eigenvalue weighted by Gasteiger charge is 2.24. The van der Waals surface area contributed by atoms with E-state index in [-0.39, 0.29) is 6.10 Å². The summed E-state index contributed by atoms with van der Waals surface area (Å²) in [5.41, 5.74) is 0.932. The van der Waals surface area contributed by atoms with Crippen LogP contribution >= 0.6 is 0 Å². The maximum absolute atomic E-state index is 10.3. The number of nitrogens with zero attached hydrogens (tertiary/aromatic N) is 1. The molecular weight excluding hydrogens is 254 g/mol. The number of likely N-dealkylation sites (tertiary alicyclic amines) is 1. The lowest BCUT2D eigenvalue weighted by atomic mass is 10.1. The summed E-state index contributed by atoms with van der Waals surface area (Å²) >= 11 is 0. The zero-order valence-corrected chi connectivity index (χ0v) is 12.6. The normalized spacial score (nSPS) is 21.4. The van der Waals surface area contributed by atoms with Gasteiger partial charge in [-0.25, -0.2) is 0 Å². The van der Waals surface area contributed by atoms with Gasteiger partial charge in [-0.15, -0.1) is 0 Å². The molecule has 0 saturated carbocycles. The average Bonchev–Trinajstić information content (AvgIpc) is 2.86. The molecule has 4 heteroatoms. The molecule has 2 rings (SSSR count). The number of aliphatic hydroxyl groups excluding tert-OH is 1. The van der Waals surface area contributed by atoms with Crippen molar-refractivity contribution >= 4 is 0 Å². The SMILES string of the molecule is COC1CCN(CC(O)c2ccc(OC(C)C)cc2)C1. The summed E-state index contributed by atoms with van der Waals surface area (Å²) in [7, 11) is 1.75. The molecule has 20 heavy (non-hydrogen) atoms.